The van der Waals surface area contributed by atoms with Crippen molar-refractivity contribution in [3.05, 3.63) is 0 Å². The molecule has 18 unspecified atom stereocenters. The van der Waals surface area contributed by atoms with Gasteiger partial charge in [0.2, 0.25) is 0 Å². The molecule has 0 heteroatoms. The molecule has 0 N–H and O–H groups in total. The molecule has 0 nitrogen and oxygen atoms in total. The zero-order chi connectivity index (χ0) is 21.8. The summed E-state index contributed by atoms with van der Waals surface area (Å²) < 4.78 is 0. The van der Waals surface area contributed by atoms with E-state index in [0.717, 1.165) is 107 Å². The predicted octanol–water partition coefficient (Wildman–Crippen LogP) is 8.13. The van der Waals surface area contributed by atoms with Gasteiger partial charge in [-0.1, -0.05) is 69.2 Å². The minimum atomic E-state index is 0.910. The third-order valence-corrected chi connectivity index (χ3v) is 14.0. The first-order valence-corrected chi connectivity index (χ1v) is 14.1. The van der Waals surface area contributed by atoms with Crippen LogP contribution >= 0.6 is 0 Å². The lowest BCUT2D eigenvalue weighted by Gasteiger charge is -2.51. The van der Waals surface area contributed by atoms with Crippen molar-refractivity contribution >= 4 is 0 Å². The Hall–Kier alpha value is 0. The quantitative estimate of drug-likeness (QED) is 0.377. The average Bonchev–Trinajstić information content (AvgIpc) is 3.18. The first-order chi connectivity index (χ1) is 14.1. The largest absolute Gasteiger partial charge is 0.0620 e. The molecule has 5 rings (SSSR count). The van der Waals surface area contributed by atoms with Crippen LogP contribution in [0.2, 0.25) is 0 Å². The first kappa shape index (κ1) is 21.8. The molecule has 0 aromatic rings. The molecule has 5 aliphatic rings. The van der Waals surface area contributed by atoms with Crippen molar-refractivity contribution in [3.63, 3.8) is 0 Å². The van der Waals surface area contributed by atoms with E-state index in [1.165, 1.54) is 0 Å². The van der Waals surface area contributed by atoms with Gasteiger partial charge in [0.05, 0.1) is 0 Å². The lowest BCUT2D eigenvalue weighted by atomic mass is 9.54. The van der Waals surface area contributed by atoms with Crippen LogP contribution in [-0.2, 0) is 0 Å². The van der Waals surface area contributed by atoms with E-state index in [0.29, 0.717) is 0 Å². The summed E-state index contributed by atoms with van der Waals surface area (Å²) in [5.74, 6) is 17.5. The van der Waals surface area contributed by atoms with Crippen LogP contribution in [0, 0.1) is 107 Å². The molecule has 0 bridgehead atoms. The van der Waals surface area contributed by atoms with Crippen LogP contribution in [0.25, 0.3) is 0 Å². The van der Waals surface area contributed by atoms with Crippen molar-refractivity contribution < 1.29 is 0 Å². The first-order valence-electron chi connectivity index (χ1n) is 14.1. The Bertz CT molecular complexity index is 596. The van der Waals surface area contributed by atoms with Gasteiger partial charge in [-0.25, -0.2) is 0 Å². The SMILES string of the molecule is CC1C(C)C(C)C2C3CC4C(CC3C(C)C2C1C)C(C)C1C(C)C(C)C(C)C(C)C41. The average molecular weight is 413 g/mol. The summed E-state index contributed by atoms with van der Waals surface area (Å²) in [5, 5.41) is 0. The molecule has 5 aliphatic carbocycles. The van der Waals surface area contributed by atoms with Crippen LogP contribution in [-0.4, -0.2) is 0 Å². The fraction of sp³-hybridized carbons (Fsp3) is 1.00. The van der Waals surface area contributed by atoms with Crippen molar-refractivity contribution in [3.8, 4) is 0 Å². The maximum atomic E-state index is 2.69. The summed E-state index contributed by atoms with van der Waals surface area (Å²) in [5.41, 5.74) is 0. The maximum Gasteiger partial charge on any atom is -0.0321 e. The molecule has 30 heavy (non-hydrogen) atoms. The minimum absolute atomic E-state index is 0.910. The maximum absolute atomic E-state index is 2.69. The fourth-order valence-electron chi connectivity index (χ4n) is 11.7. The summed E-state index contributed by atoms with van der Waals surface area (Å²) in [7, 11) is 0. The number of hydrogen-bond acceptors (Lipinski definition) is 0. The van der Waals surface area contributed by atoms with E-state index in [1.807, 2.05) is 0 Å². The molecule has 5 saturated carbocycles. The Labute approximate surface area is 188 Å². The Morgan fingerprint density at radius 1 is 0.267 bits per heavy atom. The molecule has 0 radical (unpaired) electrons. The third kappa shape index (κ3) is 2.64. The Morgan fingerprint density at radius 3 is 0.867 bits per heavy atom. The highest BCUT2D eigenvalue weighted by molar-refractivity contribution is 5.12. The van der Waals surface area contributed by atoms with Crippen molar-refractivity contribution in [2.45, 2.75) is 82.1 Å². The second-order valence-electron chi connectivity index (χ2n) is 14.0. The summed E-state index contributed by atoms with van der Waals surface area (Å²) >= 11 is 0. The van der Waals surface area contributed by atoms with Crippen LogP contribution in [0.3, 0.4) is 0 Å². The lowest BCUT2D eigenvalue weighted by molar-refractivity contribution is -0.0259. The number of hydrogen-bond donors (Lipinski definition) is 0. The van der Waals surface area contributed by atoms with Crippen LogP contribution in [0.15, 0.2) is 0 Å². The van der Waals surface area contributed by atoms with Gasteiger partial charge in [0.1, 0.15) is 0 Å². The molecule has 0 aromatic carbocycles. The number of fused-ring (bicyclic) bond motifs is 6. The zero-order valence-electron chi connectivity index (χ0n) is 21.8. The molecule has 172 valence electrons. The van der Waals surface area contributed by atoms with E-state index in [4.69, 9.17) is 0 Å². The summed E-state index contributed by atoms with van der Waals surface area (Å²) in [6, 6.07) is 0. The van der Waals surface area contributed by atoms with Gasteiger partial charge in [-0.15, -0.1) is 0 Å². The van der Waals surface area contributed by atoms with Gasteiger partial charge in [0, 0.05) is 0 Å². The van der Waals surface area contributed by atoms with Crippen LogP contribution < -0.4 is 0 Å². The topological polar surface area (TPSA) is 0 Å². The van der Waals surface area contributed by atoms with E-state index in [2.05, 4.69) is 69.2 Å². The molecule has 0 saturated heterocycles. The normalized spacial score (nSPS) is 67.4. The molecular formula is C30H52. The fourth-order valence-corrected chi connectivity index (χ4v) is 11.7. The van der Waals surface area contributed by atoms with E-state index in [9.17, 15) is 0 Å². The molecule has 0 aliphatic heterocycles. The van der Waals surface area contributed by atoms with Gasteiger partial charge < -0.3 is 0 Å². The molecule has 0 heterocycles. The van der Waals surface area contributed by atoms with Gasteiger partial charge in [-0.2, -0.15) is 0 Å². The highest BCUT2D eigenvalue weighted by Crippen LogP contribution is 2.69. The van der Waals surface area contributed by atoms with Crippen molar-refractivity contribution in [2.75, 3.05) is 0 Å². The number of rotatable bonds is 0. The molecule has 5 fully saturated rings. The Morgan fingerprint density at radius 2 is 0.533 bits per heavy atom. The van der Waals surface area contributed by atoms with Crippen molar-refractivity contribution in [1.29, 1.82) is 0 Å². The highest BCUT2D eigenvalue weighted by Gasteiger charge is 2.64. The molecule has 0 amide bonds. The zero-order valence-corrected chi connectivity index (χ0v) is 21.8. The summed E-state index contributed by atoms with van der Waals surface area (Å²) in [4.78, 5) is 0. The Kier molecular flexibility index (Phi) is 5.27. The van der Waals surface area contributed by atoms with E-state index >= 15 is 0 Å². The van der Waals surface area contributed by atoms with Gasteiger partial charge in [-0.3, -0.25) is 0 Å². The van der Waals surface area contributed by atoms with Gasteiger partial charge in [-0.05, 0) is 119 Å². The van der Waals surface area contributed by atoms with Gasteiger partial charge in [0.25, 0.3) is 0 Å². The lowest BCUT2D eigenvalue weighted by Crippen LogP contribution is -2.45. The predicted molar refractivity (Wildman–Crippen MR) is 129 cm³/mol. The molecule has 18 atom stereocenters. The van der Waals surface area contributed by atoms with Gasteiger partial charge >= 0.3 is 0 Å². The summed E-state index contributed by atoms with van der Waals surface area (Å²) in [6.45, 7) is 26.3. The summed E-state index contributed by atoms with van der Waals surface area (Å²) in [6.07, 6.45) is 3.19. The Balaban J connectivity index is 1.48. The van der Waals surface area contributed by atoms with E-state index in [1.54, 1.807) is 12.8 Å². The second kappa shape index (κ2) is 7.25. The minimum Gasteiger partial charge on any atom is -0.0620 e. The third-order valence-electron chi connectivity index (χ3n) is 14.0. The standard InChI is InChI=1S/C30H52/c1-13-15(3)19(7)29-25-12-26-24(11-23(25)21(9)27(29)17(13)5)22(10)28-18(6)14(2)16(4)20(8)30(26)28/h13-30H,11-12H2,1-10H3. The molecule has 0 aromatic heterocycles. The van der Waals surface area contributed by atoms with Crippen molar-refractivity contribution in [1.82, 2.24) is 0 Å². The molecular weight excluding hydrogens is 360 g/mol. The van der Waals surface area contributed by atoms with Crippen molar-refractivity contribution in [2.24, 2.45) is 107 Å². The van der Waals surface area contributed by atoms with Crippen LogP contribution in [0.5, 0.6) is 0 Å². The monoisotopic (exact) mass is 412 g/mol. The molecule has 0 spiro atoms. The van der Waals surface area contributed by atoms with E-state index < -0.39 is 0 Å². The van der Waals surface area contributed by atoms with E-state index in [-0.39, 0.29) is 0 Å². The highest BCUT2D eigenvalue weighted by atomic mass is 14.7. The van der Waals surface area contributed by atoms with Gasteiger partial charge in [0.15, 0.2) is 0 Å². The van der Waals surface area contributed by atoms with Crippen LogP contribution in [0.1, 0.15) is 82.1 Å². The van der Waals surface area contributed by atoms with Crippen LogP contribution in [0.4, 0.5) is 0 Å². The smallest absolute Gasteiger partial charge is 0.0321 e. The second-order valence-corrected chi connectivity index (χ2v) is 14.0.